The Hall–Kier alpha value is -1.81. The van der Waals surface area contributed by atoms with Crippen LogP contribution < -0.4 is 24.8 Å². The van der Waals surface area contributed by atoms with Gasteiger partial charge in [0.15, 0.2) is 0 Å². The first kappa shape index (κ1) is 38.2. The molecule has 4 aliphatic carbocycles. The molecule has 4 heteroatoms. The summed E-state index contributed by atoms with van der Waals surface area (Å²) >= 11 is 0. The minimum absolute atomic E-state index is 0. The average Bonchev–Trinajstić information content (AvgIpc) is 3.81. The van der Waals surface area contributed by atoms with Gasteiger partial charge in [-0.05, 0) is 23.0 Å². The molecule has 0 spiro atoms. The zero-order valence-electron chi connectivity index (χ0n) is 23.9. The Bertz CT molecular complexity index is 1290. The van der Waals surface area contributed by atoms with Gasteiger partial charge in [-0.25, -0.2) is 24.3 Å². The van der Waals surface area contributed by atoms with E-state index in [0.717, 1.165) is 12.8 Å². The Kier molecular flexibility index (Phi) is 17.7. The first-order valence-corrected chi connectivity index (χ1v) is 13.4. The summed E-state index contributed by atoms with van der Waals surface area (Å²) in [5.74, 6) is 1.00. The number of benzene rings is 4. The van der Waals surface area contributed by atoms with E-state index >= 15 is 0 Å². The molecule has 0 fully saturated rings. The largest absolute Gasteiger partial charge is 2.00 e. The van der Waals surface area contributed by atoms with Gasteiger partial charge in [-0.1, -0.05) is 73.5 Å². The summed E-state index contributed by atoms with van der Waals surface area (Å²) < 4.78 is 0. The average molecular weight is 742 g/mol. The number of hydrogen-bond donors (Lipinski definition) is 0. The molecule has 42 heavy (non-hydrogen) atoms. The Labute approximate surface area is 303 Å². The minimum atomic E-state index is 0. The van der Waals surface area contributed by atoms with E-state index in [1.54, 1.807) is 0 Å². The van der Waals surface area contributed by atoms with Crippen LogP contribution in [-0.2, 0) is 52.4 Å². The van der Waals surface area contributed by atoms with Gasteiger partial charge in [0.2, 0.25) is 0 Å². The fourth-order valence-electron chi connectivity index (χ4n) is 5.32. The number of halogens is 2. The third-order valence-corrected chi connectivity index (χ3v) is 7.25. The molecule has 0 saturated heterocycles. The molecule has 8 rings (SSSR count). The number of rotatable bonds is 0. The van der Waals surface area contributed by atoms with Gasteiger partial charge in [0.05, 0.1) is 0 Å². The molecule has 0 amide bonds. The van der Waals surface area contributed by atoms with Crippen LogP contribution in [0.3, 0.4) is 0 Å². The maximum absolute atomic E-state index is 3.35. The molecule has 0 aromatic heterocycles. The van der Waals surface area contributed by atoms with Crippen LogP contribution in [-0.4, -0.2) is 0 Å². The second-order valence-electron chi connectivity index (χ2n) is 9.62. The maximum Gasteiger partial charge on any atom is 2.00 e. The Balaban J connectivity index is 0.000000297. The van der Waals surface area contributed by atoms with E-state index in [0.29, 0.717) is 11.8 Å². The van der Waals surface area contributed by atoms with E-state index in [1.807, 2.05) is 36.4 Å². The van der Waals surface area contributed by atoms with E-state index in [4.69, 9.17) is 0 Å². The van der Waals surface area contributed by atoms with Crippen molar-refractivity contribution < 1.29 is 77.2 Å². The Morgan fingerprint density at radius 2 is 0.905 bits per heavy atom. The number of allylic oxidation sites excluding steroid dienone is 8. The third kappa shape index (κ3) is 9.10. The second-order valence-corrected chi connectivity index (χ2v) is 9.62. The third-order valence-electron chi connectivity index (χ3n) is 7.25. The number of hydrogen-bond acceptors (Lipinski definition) is 0. The minimum Gasteiger partial charge on any atom is -1.00 e. The van der Waals surface area contributed by atoms with Crippen molar-refractivity contribution in [3.8, 4) is 22.3 Å². The Morgan fingerprint density at radius 3 is 1.24 bits per heavy atom. The van der Waals surface area contributed by atoms with E-state index in [9.17, 15) is 0 Å². The molecule has 2 unspecified atom stereocenters. The molecule has 0 heterocycles. The predicted molar refractivity (Wildman–Crippen MR) is 160 cm³/mol. The monoisotopic (exact) mass is 738 g/mol. The van der Waals surface area contributed by atoms with Gasteiger partial charge in [-0.3, -0.25) is 12.2 Å². The standard InChI is InChI=1S/2C14H11.2C5H5.2ClH.2Zr/c2*1-10-11-6-2-4-8-13(11)14-9-5-3-7-12(10)14;2*1-2-4-5-3-1;;;;/h2*2-6,8-10H,1H3;2*1-3H,4H2;2*1H;;/q4*-1;;;2*+2/p-2. The maximum atomic E-state index is 3.35. The van der Waals surface area contributed by atoms with Gasteiger partial charge in [-0.15, -0.1) is 35.1 Å². The van der Waals surface area contributed by atoms with E-state index in [-0.39, 0.29) is 77.2 Å². The number of fused-ring (bicyclic) bond motifs is 6. The zero-order chi connectivity index (χ0) is 26.2. The first-order chi connectivity index (χ1) is 18.8. The van der Waals surface area contributed by atoms with Crippen LogP contribution in [0.2, 0.25) is 0 Å². The summed E-state index contributed by atoms with van der Waals surface area (Å²) in [6.07, 6.45) is 20.0. The smallest absolute Gasteiger partial charge is 1.00 e. The quantitative estimate of drug-likeness (QED) is 0.241. The Morgan fingerprint density at radius 1 is 0.524 bits per heavy atom. The molecule has 0 saturated carbocycles. The van der Waals surface area contributed by atoms with Gasteiger partial charge >= 0.3 is 52.4 Å². The van der Waals surface area contributed by atoms with Crippen LogP contribution in [0.5, 0.6) is 0 Å². The van der Waals surface area contributed by atoms with Gasteiger partial charge < -0.3 is 24.8 Å². The van der Waals surface area contributed by atoms with Crippen molar-refractivity contribution in [1.82, 2.24) is 0 Å². The molecule has 4 aromatic rings. The topological polar surface area (TPSA) is 0 Å². The molecular formula is C38H32Cl2Zr2-2. The van der Waals surface area contributed by atoms with E-state index in [1.165, 1.54) is 44.5 Å². The molecule has 0 nitrogen and oxygen atoms in total. The van der Waals surface area contributed by atoms with Crippen molar-refractivity contribution in [3.05, 3.63) is 168 Å². The van der Waals surface area contributed by atoms with Crippen molar-refractivity contribution >= 4 is 0 Å². The van der Waals surface area contributed by atoms with Crippen LogP contribution in [0.25, 0.3) is 22.3 Å². The second kappa shape index (κ2) is 19.5. The zero-order valence-corrected chi connectivity index (χ0v) is 30.3. The van der Waals surface area contributed by atoms with Crippen LogP contribution in [0, 0.1) is 24.3 Å². The fraction of sp³-hybridized carbons (Fsp3) is 0.158. The van der Waals surface area contributed by atoms with Crippen molar-refractivity contribution in [2.24, 2.45) is 0 Å². The molecule has 0 N–H and O–H groups in total. The van der Waals surface area contributed by atoms with Gasteiger partial charge in [0.25, 0.3) is 0 Å². The summed E-state index contributed by atoms with van der Waals surface area (Å²) in [4.78, 5) is 0. The van der Waals surface area contributed by atoms with E-state index < -0.39 is 0 Å². The first-order valence-electron chi connectivity index (χ1n) is 13.4. The predicted octanol–water partition coefficient (Wildman–Crippen LogP) is 3.85. The summed E-state index contributed by atoms with van der Waals surface area (Å²) in [5.41, 5.74) is 11.0. The van der Waals surface area contributed by atoms with Crippen LogP contribution in [0.1, 0.15) is 60.8 Å². The summed E-state index contributed by atoms with van der Waals surface area (Å²) in [7, 11) is 0. The van der Waals surface area contributed by atoms with Crippen molar-refractivity contribution in [2.75, 3.05) is 0 Å². The molecule has 4 aliphatic rings. The van der Waals surface area contributed by atoms with Crippen LogP contribution in [0.4, 0.5) is 0 Å². The van der Waals surface area contributed by atoms with Crippen LogP contribution >= 0.6 is 0 Å². The molecule has 2 atom stereocenters. The molecule has 0 radical (unpaired) electrons. The van der Waals surface area contributed by atoms with Crippen molar-refractivity contribution in [3.63, 3.8) is 0 Å². The molecule has 0 bridgehead atoms. The SMILES string of the molecule is CC1c2[c-]cccc2-c2ccccc21.CC1c2[c-]cccc2-c2ccccc21.[C-]1=CC=CC1.[C-]1=CC=CC1.[Cl-].[Cl-].[Zr+2].[Zr+2]. The van der Waals surface area contributed by atoms with Crippen LogP contribution in [0.15, 0.2) is 121 Å². The van der Waals surface area contributed by atoms with Gasteiger partial charge in [0, 0.05) is 0 Å². The normalized spacial score (nSPS) is 16.0. The molecule has 0 aliphatic heterocycles. The summed E-state index contributed by atoms with van der Waals surface area (Å²) in [6.45, 7) is 4.50. The summed E-state index contributed by atoms with van der Waals surface area (Å²) in [5, 5.41) is 0. The van der Waals surface area contributed by atoms with E-state index in [2.05, 4.69) is 123 Å². The fourth-order valence-corrected chi connectivity index (χ4v) is 5.32. The van der Waals surface area contributed by atoms with Crippen molar-refractivity contribution in [2.45, 2.75) is 38.5 Å². The summed E-state index contributed by atoms with van der Waals surface area (Å²) in [6, 6.07) is 36.5. The van der Waals surface area contributed by atoms with Crippen molar-refractivity contribution in [1.29, 1.82) is 0 Å². The molecular weight excluding hydrogens is 710 g/mol. The molecule has 4 aromatic carbocycles. The molecule has 208 valence electrons. The van der Waals surface area contributed by atoms with Gasteiger partial charge in [-0.2, -0.15) is 60.7 Å². The van der Waals surface area contributed by atoms with Gasteiger partial charge in [0.1, 0.15) is 0 Å².